The lowest BCUT2D eigenvalue weighted by atomic mass is 9.98. The maximum absolute atomic E-state index is 13.1. The second kappa shape index (κ2) is 12.0. The Kier molecular flexibility index (Phi) is 10.4. The van der Waals surface area contributed by atoms with Crippen LogP contribution in [0.1, 0.15) is 67.2 Å². The third-order valence-corrected chi connectivity index (χ3v) is 5.45. The standard InChI is InChI=1S/C22H40N4O5/c1-12(2)10-15(23)19(27)24-16(11-13(3)4)20(28)25-18(14(5)6)21(29)26-9-7-8-17(26)22(30)31/h12-18H,7-11,23H2,1-6H3,(H,24,27)(H,25,28)(H,30,31). The number of carbonyl (C=O) groups is 4. The molecule has 0 radical (unpaired) electrons. The van der Waals surface area contributed by atoms with Crippen LogP contribution in [0.2, 0.25) is 0 Å². The number of carboxylic acids is 1. The predicted molar refractivity (Wildman–Crippen MR) is 118 cm³/mol. The average molecular weight is 441 g/mol. The summed E-state index contributed by atoms with van der Waals surface area (Å²) < 4.78 is 0. The first-order valence-electron chi connectivity index (χ1n) is 11.2. The van der Waals surface area contributed by atoms with Crippen LogP contribution >= 0.6 is 0 Å². The van der Waals surface area contributed by atoms with E-state index in [1.54, 1.807) is 13.8 Å². The summed E-state index contributed by atoms with van der Waals surface area (Å²) in [4.78, 5) is 51.4. The molecule has 4 unspecified atom stereocenters. The molecule has 9 heteroatoms. The first kappa shape index (κ1) is 26.9. The number of rotatable bonds is 11. The highest BCUT2D eigenvalue weighted by Gasteiger charge is 2.39. The van der Waals surface area contributed by atoms with Crippen LogP contribution in [0, 0.1) is 17.8 Å². The fourth-order valence-electron chi connectivity index (χ4n) is 3.83. The van der Waals surface area contributed by atoms with Gasteiger partial charge in [0.1, 0.15) is 18.1 Å². The zero-order valence-corrected chi connectivity index (χ0v) is 19.7. The van der Waals surface area contributed by atoms with Crippen molar-refractivity contribution >= 4 is 23.7 Å². The monoisotopic (exact) mass is 440 g/mol. The second-order valence-electron chi connectivity index (χ2n) is 9.68. The van der Waals surface area contributed by atoms with Crippen LogP contribution in [0.15, 0.2) is 0 Å². The molecule has 178 valence electrons. The normalized spacial score (nSPS) is 19.4. The second-order valence-corrected chi connectivity index (χ2v) is 9.68. The van der Waals surface area contributed by atoms with Crippen LogP contribution < -0.4 is 16.4 Å². The average Bonchev–Trinajstić information content (AvgIpc) is 3.13. The SMILES string of the molecule is CC(C)CC(N)C(=O)NC(CC(C)C)C(=O)NC(C(=O)N1CCCC1C(=O)O)C(C)C. The van der Waals surface area contributed by atoms with Crippen LogP contribution in [0.3, 0.4) is 0 Å². The van der Waals surface area contributed by atoms with Crippen molar-refractivity contribution in [2.24, 2.45) is 23.5 Å². The number of hydrogen-bond donors (Lipinski definition) is 4. The van der Waals surface area contributed by atoms with Crippen molar-refractivity contribution in [2.45, 2.75) is 91.4 Å². The molecule has 9 nitrogen and oxygen atoms in total. The number of nitrogens with zero attached hydrogens (tertiary/aromatic N) is 1. The zero-order valence-electron chi connectivity index (χ0n) is 19.7. The molecule has 0 aliphatic carbocycles. The molecule has 31 heavy (non-hydrogen) atoms. The molecule has 1 fully saturated rings. The van der Waals surface area contributed by atoms with Crippen molar-refractivity contribution in [1.29, 1.82) is 0 Å². The fourth-order valence-corrected chi connectivity index (χ4v) is 3.83. The van der Waals surface area contributed by atoms with Gasteiger partial charge in [0, 0.05) is 6.54 Å². The molecule has 0 aromatic heterocycles. The minimum absolute atomic E-state index is 0.126. The lowest BCUT2D eigenvalue weighted by Crippen LogP contribution is -2.58. The van der Waals surface area contributed by atoms with Gasteiger partial charge in [-0.3, -0.25) is 14.4 Å². The van der Waals surface area contributed by atoms with Gasteiger partial charge in [-0.25, -0.2) is 4.79 Å². The Hall–Kier alpha value is -2.16. The van der Waals surface area contributed by atoms with Crippen LogP contribution in [-0.2, 0) is 19.2 Å². The van der Waals surface area contributed by atoms with Crippen molar-refractivity contribution < 1.29 is 24.3 Å². The van der Waals surface area contributed by atoms with Gasteiger partial charge < -0.3 is 26.4 Å². The molecule has 1 rings (SSSR count). The molecule has 0 bridgehead atoms. The van der Waals surface area contributed by atoms with Crippen molar-refractivity contribution in [2.75, 3.05) is 6.54 Å². The Morgan fingerprint density at radius 1 is 0.968 bits per heavy atom. The molecule has 0 aromatic rings. The van der Waals surface area contributed by atoms with Gasteiger partial charge in [-0.15, -0.1) is 0 Å². The van der Waals surface area contributed by atoms with E-state index in [0.717, 1.165) is 0 Å². The smallest absolute Gasteiger partial charge is 0.326 e. The Labute approximate surface area is 185 Å². The summed E-state index contributed by atoms with van der Waals surface area (Å²) in [7, 11) is 0. The Morgan fingerprint density at radius 2 is 1.55 bits per heavy atom. The van der Waals surface area contributed by atoms with E-state index in [0.29, 0.717) is 32.2 Å². The van der Waals surface area contributed by atoms with Crippen molar-refractivity contribution in [1.82, 2.24) is 15.5 Å². The number of nitrogens with one attached hydrogen (secondary N) is 2. The van der Waals surface area contributed by atoms with Gasteiger partial charge in [-0.1, -0.05) is 41.5 Å². The molecule has 3 amide bonds. The highest BCUT2D eigenvalue weighted by atomic mass is 16.4. The highest BCUT2D eigenvalue weighted by molar-refractivity contribution is 5.94. The summed E-state index contributed by atoms with van der Waals surface area (Å²) in [6.45, 7) is 11.7. The molecule has 5 N–H and O–H groups in total. The first-order chi connectivity index (χ1) is 14.3. The van der Waals surface area contributed by atoms with E-state index in [1.807, 2.05) is 27.7 Å². The minimum atomic E-state index is -1.04. The lowest BCUT2D eigenvalue weighted by Gasteiger charge is -2.31. The molecule has 0 spiro atoms. The van der Waals surface area contributed by atoms with Crippen molar-refractivity contribution in [3.63, 3.8) is 0 Å². The third-order valence-electron chi connectivity index (χ3n) is 5.45. The van der Waals surface area contributed by atoms with E-state index < -0.39 is 47.9 Å². The summed E-state index contributed by atoms with van der Waals surface area (Å²) in [5.74, 6) is -2.18. The number of likely N-dealkylation sites (tertiary alicyclic amines) is 1. The minimum Gasteiger partial charge on any atom is -0.480 e. The lowest BCUT2D eigenvalue weighted by molar-refractivity contribution is -0.150. The highest BCUT2D eigenvalue weighted by Crippen LogP contribution is 2.20. The predicted octanol–water partition coefficient (Wildman–Crippen LogP) is 1.11. The van der Waals surface area contributed by atoms with E-state index in [4.69, 9.17) is 5.73 Å². The number of carbonyl (C=O) groups excluding carboxylic acids is 3. The summed E-state index contributed by atoms with van der Waals surface area (Å²) in [6, 6.07) is -3.28. The van der Waals surface area contributed by atoms with E-state index >= 15 is 0 Å². The maximum Gasteiger partial charge on any atom is 0.326 e. The Morgan fingerprint density at radius 3 is 2.03 bits per heavy atom. The van der Waals surface area contributed by atoms with E-state index in [2.05, 4.69) is 10.6 Å². The number of nitrogens with two attached hydrogens (primary N) is 1. The summed E-state index contributed by atoms with van der Waals surface area (Å²) in [6.07, 6.45) is 1.91. The zero-order chi connectivity index (χ0) is 23.9. The summed E-state index contributed by atoms with van der Waals surface area (Å²) in [5.41, 5.74) is 5.96. The number of hydrogen-bond acceptors (Lipinski definition) is 5. The third kappa shape index (κ3) is 8.12. The molecule has 0 saturated carbocycles. The largest absolute Gasteiger partial charge is 0.480 e. The van der Waals surface area contributed by atoms with Crippen molar-refractivity contribution in [3.8, 4) is 0 Å². The molecule has 4 atom stereocenters. The Bertz CT molecular complexity index is 650. The first-order valence-corrected chi connectivity index (χ1v) is 11.2. The molecular formula is C22H40N4O5. The van der Waals surface area contributed by atoms with Crippen LogP contribution in [0.5, 0.6) is 0 Å². The maximum atomic E-state index is 13.1. The van der Waals surface area contributed by atoms with Gasteiger partial charge in [0.2, 0.25) is 17.7 Å². The molecule has 1 aliphatic rings. The van der Waals surface area contributed by atoms with E-state index in [1.165, 1.54) is 4.90 Å². The molecule has 1 aliphatic heterocycles. The fraction of sp³-hybridized carbons (Fsp3) is 0.818. The van der Waals surface area contributed by atoms with E-state index in [9.17, 15) is 24.3 Å². The summed E-state index contributed by atoms with van der Waals surface area (Å²) in [5, 5.41) is 14.9. The number of amides is 3. The van der Waals surface area contributed by atoms with Crippen LogP contribution in [-0.4, -0.2) is 64.4 Å². The summed E-state index contributed by atoms with van der Waals surface area (Å²) >= 11 is 0. The van der Waals surface area contributed by atoms with Gasteiger partial charge in [-0.05, 0) is 43.4 Å². The number of aliphatic carboxylic acids is 1. The molecule has 1 heterocycles. The van der Waals surface area contributed by atoms with Crippen molar-refractivity contribution in [3.05, 3.63) is 0 Å². The topological polar surface area (TPSA) is 142 Å². The molecule has 0 aromatic carbocycles. The van der Waals surface area contributed by atoms with E-state index in [-0.39, 0.29) is 17.8 Å². The molecular weight excluding hydrogens is 400 g/mol. The van der Waals surface area contributed by atoms with Gasteiger partial charge in [0.15, 0.2) is 0 Å². The van der Waals surface area contributed by atoms with Gasteiger partial charge in [0.05, 0.1) is 6.04 Å². The van der Waals surface area contributed by atoms with Crippen LogP contribution in [0.25, 0.3) is 0 Å². The number of carboxylic acid groups (broad SMARTS) is 1. The van der Waals surface area contributed by atoms with Gasteiger partial charge >= 0.3 is 5.97 Å². The van der Waals surface area contributed by atoms with Gasteiger partial charge in [0.25, 0.3) is 0 Å². The quantitative estimate of drug-likeness (QED) is 0.379. The van der Waals surface area contributed by atoms with Crippen LogP contribution in [0.4, 0.5) is 0 Å². The Balaban J connectivity index is 2.95. The molecule has 1 saturated heterocycles. The van der Waals surface area contributed by atoms with Gasteiger partial charge in [-0.2, -0.15) is 0 Å².